The minimum absolute atomic E-state index is 0.0349. The summed E-state index contributed by atoms with van der Waals surface area (Å²) in [5.41, 5.74) is 8.20. The van der Waals surface area contributed by atoms with E-state index < -0.39 is 12.0 Å². The Kier molecular flexibility index (Phi) is 7.36. The van der Waals surface area contributed by atoms with Crippen LogP contribution >= 0.6 is 11.3 Å². The van der Waals surface area contributed by atoms with Gasteiger partial charge in [0.15, 0.2) is 0 Å². The van der Waals surface area contributed by atoms with E-state index >= 15 is 0 Å². The van der Waals surface area contributed by atoms with Gasteiger partial charge < -0.3 is 30.9 Å². The van der Waals surface area contributed by atoms with Crippen LogP contribution in [0.5, 0.6) is 0 Å². The maximum atomic E-state index is 13.1. The van der Waals surface area contributed by atoms with Crippen LogP contribution in [-0.4, -0.2) is 71.7 Å². The molecule has 1 atom stereocenters. The number of rotatable bonds is 8. The Morgan fingerprint density at radius 1 is 1.19 bits per heavy atom. The summed E-state index contributed by atoms with van der Waals surface area (Å²) in [5.74, 6) is -0.938. The van der Waals surface area contributed by atoms with Gasteiger partial charge >= 0.3 is 12.0 Å². The number of nitrogens with one attached hydrogen (secondary N) is 1. The summed E-state index contributed by atoms with van der Waals surface area (Å²) in [4.78, 5) is 30.9. The molecule has 2 amide bonds. The number of hydrogen-bond acceptors (Lipinski definition) is 6. The molecule has 1 aliphatic carbocycles. The number of nitrogens with zero attached hydrogens (tertiary/aromatic N) is 3. The SMILES string of the molecule is Nc1cscc1N1C=C(CN(CCN2CCCC2)C(=O)NC2CCCC2)C=CC1C(=O)O. The second-order valence-corrected chi connectivity index (χ2v) is 9.61. The third-order valence-corrected chi connectivity index (χ3v) is 7.28. The molecule has 1 unspecified atom stereocenters. The first kappa shape index (κ1) is 22.7. The van der Waals surface area contributed by atoms with Gasteiger partial charge in [0.05, 0.1) is 11.4 Å². The van der Waals surface area contributed by atoms with Crippen molar-refractivity contribution in [1.82, 2.24) is 15.1 Å². The number of carboxylic acids is 1. The Morgan fingerprint density at radius 2 is 1.94 bits per heavy atom. The van der Waals surface area contributed by atoms with Crippen molar-refractivity contribution in [3.63, 3.8) is 0 Å². The van der Waals surface area contributed by atoms with Crippen LogP contribution in [-0.2, 0) is 4.79 Å². The zero-order valence-corrected chi connectivity index (χ0v) is 19.2. The molecule has 2 fully saturated rings. The molecular formula is C23H33N5O3S. The maximum Gasteiger partial charge on any atom is 0.330 e. The maximum absolute atomic E-state index is 13.1. The second kappa shape index (κ2) is 10.4. The van der Waals surface area contributed by atoms with Crippen LogP contribution in [0.2, 0.25) is 0 Å². The van der Waals surface area contributed by atoms with Gasteiger partial charge in [-0.05, 0) is 44.3 Å². The fourth-order valence-electron chi connectivity index (χ4n) is 4.71. The highest BCUT2D eigenvalue weighted by molar-refractivity contribution is 7.08. The van der Waals surface area contributed by atoms with Gasteiger partial charge in [-0.1, -0.05) is 25.0 Å². The molecule has 1 aromatic rings. The van der Waals surface area contributed by atoms with Gasteiger partial charge in [-0.15, -0.1) is 11.3 Å². The number of anilines is 2. The third kappa shape index (κ3) is 5.45. The largest absolute Gasteiger partial charge is 0.479 e. The summed E-state index contributed by atoms with van der Waals surface area (Å²) in [7, 11) is 0. The predicted molar refractivity (Wildman–Crippen MR) is 128 cm³/mol. The minimum Gasteiger partial charge on any atom is -0.479 e. The van der Waals surface area contributed by atoms with Crippen LogP contribution in [0.15, 0.2) is 34.7 Å². The van der Waals surface area contributed by atoms with E-state index in [0.717, 1.165) is 38.0 Å². The van der Waals surface area contributed by atoms with Crippen molar-refractivity contribution in [2.75, 3.05) is 43.4 Å². The highest BCUT2D eigenvalue weighted by Crippen LogP contribution is 2.32. The van der Waals surface area contributed by atoms with Crippen molar-refractivity contribution in [2.45, 2.75) is 50.6 Å². The van der Waals surface area contributed by atoms with Crippen LogP contribution in [0.25, 0.3) is 0 Å². The highest BCUT2D eigenvalue weighted by atomic mass is 32.1. The average Bonchev–Trinajstić information content (AvgIpc) is 3.54. The fourth-order valence-corrected chi connectivity index (χ4v) is 5.43. The second-order valence-electron chi connectivity index (χ2n) is 8.87. The Hall–Kier alpha value is -2.52. The molecule has 8 nitrogen and oxygen atoms in total. The first-order chi connectivity index (χ1) is 15.5. The van der Waals surface area contributed by atoms with Crippen molar-refractivity contribution in [3.8, 4) is 0 Å². The number of aliphatic carboxylic acids is 1. The number of amides is 2. The molecule has 9 heteroatoms. The highest BCUT2D eigenvalue weighted by Gasteiger charge is 2.28. The lowest BCUT2D eigenvalue weighted by Crippen LogP contribution is -2.47. The summed E-state index contributed by atoms with van der Waals surface area (Å²) in [6, 6.07) is -0.598. The Labute approximate surface area is 193 Å². The van der Waals surface area contributed by atoms with E-state index in [0.29, 0.717) is 24.5 Å². The molecule has 1 saturated heterocycles. The van der Waals surface area contributed by atoms with E-state index in [2.05, 4.69) is 10.2 Å². The van der Waals surface area contributed by atoms with Gasteiger partial charge in [0.2, 0.25) is 0 Å². The van der Waals surface area contributed by atoms with Gasteiger partial charge in [0.1, 0.15) is 6.04 Å². The Balaban J connectivity index is 1.49. The quantitative estimate of drug-likeness (QED) is 0.552. The van der Waals surface area contributed by atoms with Crippen LogP contribution in [0, 0.1) is 0 Å². The van der Waals surface area contributed by atoms with E-state index in [4.69, 9.17) is 5.73 Å². The van der Waals surface area contributed by atoms with Crippen LogP contribution < -0.4 is 16.0 Å². The number of carbonyl (C=O) groups excluding carboxylic acids is 1. The van der Waals surface area contributed by atoms with Gasteiger partial charge in [0.25, 0.3) is 0 Å². The summed E-state index contributed by atoms with van der Waals surface area (Å²) in [6.45, 7) is 4.11. The van der Waals surface area contributed by atoms with Crippen LogP contribution in [0.1, 0.15) is 38.5 Å². The summed E-state index contributed by atoms with van der Waals surface area (Å²) >= 11 is 1.44. The molecule has 1 aromatic heterocycles. The van der Waals surface area contributed by atoms with Gasteiger partial charge in [0, 0.05) is 42.6 Å². The lowest BCUT2D eigenvalue weighted by atomic mass is 10.1. The first-order valence-electron chi connectivity index (χ1n) is 11.5. The van der Waals surface area contributed by atoms with Gasteiger partial charge in [-0.25, -0.2) is 9.59 Å². The van der Waals surface area contributed by atoms with Crippen LogP contribution in [0.4, 0.5) is 16.2 Å². The van der Waals surface area contributed by atoms with Crippen molar-refractivity contribution in [1.29, 1.82) is 0 Å². The van der Waals surface area contributed by atoms with Gasteiger partial charge in [-0.3, -0.25) is 0 Å². The van der Waals surface area contributed by atoms with E-state index in [1.165, 1.54) is 37.0 Å². The normalized spacial score (nSPS) is 21.7. The molecule has 32 heavy (non-hydrogen) atoms. The first-order valence-corrected chi connectivity index (χ1v) is 12.4. The molecule has 4 N–H and O–H groups in total. The lowest BCUT2D eigenvalue weighted by molar-refractivity contribution is -0.137. The Morgan fingerprint density at radius 3 is 2.59 bits per heavy atom. The van der Waals surface area contributed by atoms with Gasteiger partial charge in [-0.2, -0.15) is 0 Å². The van der Waals surface area contributed by atoms with E-state index in [1.807, 2.05) is 22.6 Å². The van der Waals surface area contributed by atoms with E-state index in [1.54, 1.807) is 16.4 Å². The monoisotopic (exact) mass is 459 g/mol. The summed E-state index contributed by atoms with van der Waals surface area (Å²) in [5, 5.41) is 16.6. The predicted octanol–water partition coefficient (Wildman–Crippen LogP) is 3.09. The fraction of sp³-hybridized carbons (Fsp3) is 0.565. The molecule has 3 heterocycles. The molecule has 3 aliphatic rings. The van der Waals surface area contributed by atoms with Crippen molar-refractivity contribution >= 4 is 34.7 Å². The van der Waals surface area contributed by atoms with Crippen molar-refractivity contribution < 1.29 is 14.7 Å². The lowest BCUT2D eigenvalue weighted by Gasteiger charge is -2.32. The molecule has 174 valence electrons. The van der Waals surface area contributed by atoms with Crippen molar-refractivity contribution in [2.24, 2.45) is 0 Å². The van der Waals surface area contributed by atoms with E-state index in [-0.39, 0.29) is 12.1 Å². The third-order valence-electron chi connectivity index (χ3n) is 6.53. The molecule has 1 saturated carbocycles. The summed E-state index contributed by atoms with van der Waals surface area (Å²) in [6.07, 6.45) is 12.2. The molecule has 0 aromatic carbocycles. The number of thiophene rings is 1. The summed E-state index contributed by atoms with van der Waals surface area (Å²) < 4.78 is 0. The molecule has 0 bridgehead atoms. The van der Waals surface area contributed by atoms with Crippen molar-refractivity contribution in [3.05, 3.63) is 34.7 Å². The zero-order valence-electron chi connectivity index (χ0n) is 18.4. The topological polar surface area (TPSA) is 102 Å². The number of nitrogens with two attached hydrogens (primary N) is 1. The number of likely N-dealkylation sites (tertiary alicyclic amines) is 1. The molecule has 4 rings (SSSR count). The van der Waals surface area contributed by atoms with Crippen LogP contribution in [0.3, 0.4) is 0 Å². The minimum atomic E-state index is -0.938. The zero-order chi connectivity index (χ0) is 22.5. The molecule has 2 aliphatic heterocycles. The molecule has 0 spiro atoms. The standard InChI is InChI=1S/C23H33N5O3S/c24-19-15-32-16-21(19)28-14-17(7-8-20(28)22(29)30)13-27(12-11-26-9-3-4-10-26)23(31)25-18-5-1-2-6-18/h7-8,14-16,18,20H,1-6,9-13,24H2,(H,25,31)(H,29,30). The molecule has 0 radical (unpaired) electrons. The smallest absolute Gasteiger partial charge is 0.330 e. The van der Waals surface area contributed by atoms with E-state index in [9.17, 15) is 14.7 Å². The number of hydrogen-bond donors (Lipinski definition) is 3. The number of carboxylic acid groups (broad SMARTS) is 1. The number of carbonyl (C=O) groups is 2. The number of nitrogen functional groups attached to an aromatic ring is 1. The molecular weight excluding hydrogens is 426 g/mol. The average molecular weight is 460 g/mol. The number of urea groups is 1. The Bertz CT molecular complexity index is 871.